The molecule has 0 aliphatic rings. The van der Waals surface area contributed by atoms with Crippen LogP contribution in [0, 0.1) is 0 Å². The Morgan fingerprint density at radius 1 is 0.346 bits per heavy atom. The van der Waals surface area contributed by atoms with Crippen molar-refractivity contribution in [1.82, 2.24) is 0 Å². The van der Waals surface area contributed by atoms with Gasteiger partial charge in [0.15, 0.2) is 0 Å². The molecular weight excluding hydrogens is 359 g/mol. The molecule has 0 unspecified atom stereocenters. The Morgan fingerprint density at radius 3 is 1.23 bits per heavy atom. The van der Waals surface area contributed by atoms with Crippen molar-refractivity contribution < 1.29 is 0 Å². The number of rotatable bonds is 3. The maximum absolute atomic E-state index is 6.21. The lowest BCUT2D eigenvalue weighted by molar-refractivity contribution is 1.56. The molecule has 2 heteroatoms. The number of hydrogen-bond acceptors (Lipinski definition) is 0. The van der Waals surface area contributed by atoms with E-state index in [1.54, 1.807) is 0 Å². The molecule has 0 N–H and O–H groups in total. The molecule has 126 valence electrons. The molecule has 0 aliphatic heterocycles. The van der Waals surface area contributed by atoms with Crippen LogP contribution in [0.3, 0.4) is 0 Å². The zero-order chi connectivity index (χ0) is 17.9. The van der Waals surface area contributed by atoms with Crippen molar-refractivity contribution in [1.29, 1.82) is 0 Å². The van der Waals surface area contributed by atoms with Gasteiger partial charge >= 0.3 is 0 Å². The van der Waals surface area contributed by atoms with E-state index in [0.717, 1.165) is 37.9 Å². The summed E-state index contributed by atoms with van der Waals surface area (Å²) in [6.45, 7) is 0. The third kappa shape index (κ3) is 3.67. The number of benzene rings is 4. The van der Waals surface area contributed by atoms with E-state index in [2.05, 4.69) is 54.6 Å². The standard InChI is InChI=1S/C24H16Cl2/c25-23-10-4-8-18(15-23)21-12-20(17-6-2-1-3-7-17)13-22(14-21)19-9-5-11-24(26)16-19/h1-16H. The Hall–Kier alpha value is -2.54. The summed E-state index contributed by atoms with van der Waals surface area (Å²) in [6.07, 6.45) is 0. The van der Waals surface area contributed by atoms with E-state index in [0.29, 0.717) is 0 Å². The summed E-state index contributed by atoms with van der Waals surface area (Å²) in [5.74, 6) is 0. The van der Waals surface area contributed by atoms with Crippen LogP contribution in [0.25, 0.3) is 33.4 Å². The van der Waals surface area contributed by atoms with Crippen molar-refractivity contribution in [2.45, 2.75) is 0 Å². The monoisotopic (exact) mass is 374 g/mol. The van der Waals surface area contributed by atoms with Crippen LogP contribution in [0.2, 0.25) is 10.0 Å². The minimum atomic E-state index is 0.733. The molecule has 0 bridgehead atoms. The van der Waals surface area contributed by atoms with Gasteiger partial charge in [-0.15, -0.1) is 0 Å². The van der Waals surface area contributed by atoms with Crippen molar-refractivity contribution in [2.75, 3.05) is 0 Å². The van der Waals surface area contributed by atoms with Gasteiger partial charge in [0.25, 0.3) is 0 Å². The second kappa shape index (κ2) is 7.37. The predicted molar refractivity (Wildman–Crippen MR) is 113 cm³/mol. The van der Waals surface area contributed by atoms with Crippen molar-refractivity contribution in [3.63, 3.8) is 0 Å². The summed E-state index contributed by atoms with van der Waals surface area (Å²) in [5.41, 5.74) is 6.79. The van der Waals surface area contributed by atoms with Crippen LogP contribution >= 0.6 is 23.2 Å². The van der Waals surface area contributed by atoms with Crippen molar-refractivity contribution in [3.8, 4) is 33.4 Å². The molecule has 0 radical (unpaired) electrons. The lowest BCUT2D eigenvalue weighted by Crippen LogP contribution is -1.86. The van der Waals surface area contributed by atoms with Gasteiger partial charge in [-0.3, -0.25) is 0 Å². The molecule has 4 aromatic carbocycles. The zero-order valence-corrected chi connectivity index (χ0v) is 15.5. The number of hydrogen-bond donors (Lipinski definition) is 0. The predicted octanol–water partition coefficient (Wildman–Crippen LogP) is 7.99. The average Bonchev–Trinajstić information content (AvgIpc) is 2.68. The SMILES string of the molecule is Clc1cccc(-c2cc(-c3ccccc3)cc(-c3cccc(Cl)c3)c2)c1. The first-order chi connectivity index (χ1) is 12.7. The summed E-state index contributed by atoms with van der Waals surface area (Å²) >= 11 is 12.4. The summed E-state index contributed by atoms with van der Waals surface area (Å²) in [5, 5.41) is 1.47. The molecule has 0 atom stereocenters. The highest BCUT2D eigenvalue weighted by atomic mass is 35.5. The molecule has 0 spiro atoms. The van der Waals surface area contributed by atoms with Crippen LogP contribution in [0.5, 0.6) is 0 Å². The molecule has 4 aromatic rings. The third-order valence-electron chi connectivity index (χ3n) is 4.36. The van der Waals surface area contributed by atoms with Gasteiger partial charge in [0, 0.05) is 10.0 Å². The highest BCUT2D eigenvalue weighted by Gasteiger charge is 2.08. The average molecular weight is 375 g/mol. The first-order valence-corrected chi connectivity index (χ1v) is 9.17. The molecule has 26 heavy (non-hydrogen) atoms. The second-order valence-electron chi connectivity index (χ2n) is 6.19. The largest absolute Gasteiger partial charge is 0.0843 e. The van der Waals surface area contributed by atoms with Crippen molar-refractivity contribution in [2.24, 2.45) is 0 Å². The van der Waals surface area contributed by atoms with Gasteiger partial charge in [-0.05, 0) is 75.8 Å². The van der Waals surface area contributed by atoms with Crippen LogP contribution in [0.4, 0.5) is 0 Å². The molecule has 0 heterocycles. The molecule has 0 fully saturated rings. The number of halogens is 2. The van der Waals surface area contributed by atoms with Crippen LogP contribution in [-0.4, -0.2) is 0 Å². The fourth-order valence-corrected chi connectivity index (χ4v) is 3.47. The van der Waals surface area contributed by atoms with E-state index < -0.39 is 0 Å². The molecule has 4 rings (SSSR count). The molecule has 0 saturated heterocycles. The van der Waals surface area contributed by atoms with E-state index in [9.17, 15) is 0 Å². The molecular formula is C24H16Cl2. The topological polar surface area (TPSA) is 0 Å². The van der Waals surface area contributed by atoms with E-state index in [4.69, 9.17) is 23.2 Å². The van der Waals surface area contributed by atoms with Crippen LogP contribution < -0.4 is 0 Å². The third-order valence-corrected chi connectivity index (χ3v) is 4.83. The molecule has 0 saturated carbocycles. The van der Waals surface area contributed by atoms with Crippen LogP contribution in [0.15, 0.2) is 97.1 Å². The van der Waals surface area contributed by atoms with Gasteiger partial charge in [0.05, 0.1) is 0 Å². The first kappa shape index (κ1) is 16.9. The summed E-state index contributed by atoms with van der Waals surface area (Å²) in [7, 11) is 0. The summed E-state index contributed by atoms with van der Waals surface area (Å²) in [4.78, 5) is 0. The summed E-state index contributed by atoms with van der Waals surface area (Å²) < 4.78 is 0. The van der Waals surface area contributed by atoms with E-state index >= 15 is 0 Å². The highest BCUT2D eigenvalue weighted by Crippen LogP contribution is 2.34. The molecule has 0 amide bonds. The fraction of sp³-hybridized carbons (Fsp3) is 0. The van der Waals surface area contributed by atoms with Crippen molar-refractivity contribution in [3.05, 3.63) is 107 Å². The minimum Gasteiger partial charge on any atom is -0.0843 e. The molecule has 0 nitrogen and oxygen atoms in total. The Balaban J connectivity index is 1.93. The first-order valence-electron chi connectivity index (χ1n) is 8.41. The minimum absolute atomic E-state index is 0.733. The fourth-order valence-electron chi connectivity index (χ4n) is 3.09. The summed E-state index contributed by atoms with van der Waals surface area (Å²) in [6, 6.07) is 32.9. The van der Waals surface area contributed by atoms with Gasteiger partial charge < -0.3 is 0 Å². The zero-order valence-electron chi connectivity index (χ0n) is 14.0. The smallest absolute Gasteiger partial charge is 0.0412 e. The highest BCUT2D eigenvalue weighted by molar-refractivity contribution is 6.31. The molecule has 0 aliphatic carbocycles. The lowest BCUT2D eigenvalue weighted by Gasteiger charge is -2.12. The van der Waals surface area contributed by atoms with Gasteiger partial charge in [0.1, 0.15) is 0 Å². The van der Waals surface area contributed by atoms with E-state index in [1.807, 2.05) is 42.5 Å². The van der Waals surface area contributed by atoms with Gasteiger partial charge in [-0.1, -0.05) is 77.8 Å². The van der Waals surface area contributed by atoms with Gasteiger partial charge in [-0.2, -0.15) is 0 Å². The van der Waals surface area contributed by atoms with Gasteiger partial charge in [0.2, 0.25) is 0 Å². The van der Waals surface area contributed by atoms with Crippen LogP contribution in [0.1, 0.15) is 0 Å². The van der Waals surface area contributed by atoms with Gasteiger partial charge in [-0.25, -0.2) is 0 Å². The van der Waals surface area contributed by atoms with Crippen molar-refractivity contribution >= 4 is 23.2 Å². The maximum atomic E-state index is 6.21. The second-order valence-corrected chi connectivity index (χ2v) is 7.06. The quantitative estimate of drug-likeness (QED) is 0.340. The lowest BCUT2D eigenvalue weighted by atomic mass is 9.93. The van der Waals surface area contributed by atoms with E-state index in [1.165, 1.54) is 5.56 Å². The normalized spacial score (nSPS) is 10.7. The Morgan fingerprint density at radius 2 is 0.769 bits per heavy atom. The van der Waals surface area contributed by atoms with Crippen LogP contribution in [-0.2, 0) is 0 Å². The Kier molecular flexibility index (Phi) is 4.79. The maximum Gasteiger partial charge on any atom is 0.0412 e. The Labute approximate surface area is 163 Å². The molecule has 0 aromatic heterocycles. The Bertz CT molecular complexity index is 989. The van der Waals surface area contributed by atoms with E-state index in [-0.39, 0.29) is 0 Å².